The van der Waals surface area contributed by atoms with Crippen molar-refractivity contribution in [3.63, 3.8) is 0 Å². The standard InChI is InChI=1S/C6H7N2Si/c7-8(9)6-4-2-1-3-5-6/h1-5H,7H2. The predicted octanol–water partition coefficient (Wildman–Crippen LogP) is 0.450. The van der Waals surface area contributed by atoms with Gasteiger partial charge in [0.25, 0.3) is 0 Å². The Morgan fingerprint density at radius 1 is 1.22 bits per heavy atom. The van der Waals surface area contributed by atoms with E-state index < -0.39 is 0 Å². The lowest BCUT2D eigenvalue weighted by molar-refractivity contribution is 1.19. The van der Waals surface area contributed by atoms with Crippen molar-refractivity contribution in [2.75, 3.05) is 4.67 Å². The number of rotatable bonds is 1. The molecule has 3 radical (unpaired) electrons. The lowest BCUT2D eigenvalue weighted by Crippen LogP contribution is -2.26. The van der Waals surface area contributed by atoms with Crippen molar-refractivity contribution in [3.05, 3.63) is 30.3 Å². The second-order valence-corrected chi connectivity index (χ2v) is 2.19. The van der Waals surface area contributed by atoms with Gasteiger partial charge in [0.1, 0.15) is 0 Å². The zero-order valence-electron chi connectivity index (χ0n) is 4.91. The third-order valence-electron chi connectivity index (χ3n) is 1.03. The topological polar surface area (TPSA) is 29.3 Å². The predicted molar refractivity (Wildman–Crippen MR) is 38.9 cm³/mol. The van der Waals surface area contributed by atoms with E-state index >= 15 is 0 Å². The molecule has 0 saturated heterocycles. The maximum absolute atomic E-state index is 5.36. The molecule has 2 nitrogen and oxygen atoms in total. The van der Waals surface area contributed by atoms with Crippen LogP contribution in [-0.2, 0) is 0 Å². The van der Waals surface area contributed by atoms with Gasteiger partial charge < -0.3 is 4.67 Å². The van der Waals surface area contributed by atoms with Crippen LogP contribution in [0.3, 0.4) is 0 Å². The van der Waals surface area contributed by atoms with Crippen LogP contribution in [0, 0.1) is 0 Å². The zero-order valence-corrected chi connectivity index (χ0v) is 5.91. The van der Waals surface area contributed by atoms with Gasteiger partial charge in [0.2, 0.25) is 10.4 Å². The van der Waals surface area contributed by atoms with E-state index in [-0.39, 0.29) is 0 Å². The lowest BCUT2D eigenvalue weighted by atomic mass is 10.3. The van der Waals surface area contributed by atoms with Crippen LogP contribution in [0.1, 0.15) is 0 Å². The van der Waals surface area contributed by atoms with Crippen molar-refractivity contribution in [3.8, 4) is 0 Å². The molecule has 0 bridgehead atoms. The molecule has 1 aromatic rings. The van der Waals surface area contributed by atoms with Crippen molar-refractivity contribution < 1.29 is 0 Å². The summed E-state index contributed by atoms with van der Waals surface area (Å²) in [6.07, 6.45) is 0. The molecule has 0 heterocycles. The first-order valence-corrected chi connectivity index (χ1v) is 3.06. The molecule has 0 aliphatic carbocycles. The molecular formula is C6H7N2Si. The van der Waals surface area contributed by atoms with E-state index in [1.165, 1.54) is 4.67 Å². The SMILES string of the molecule is NN([Si])c1ccccc1. The largest absolute Gasteiger partial charge is 0.342 e. The van der Waals surface area contributed by atoms with Crippen LogP contribution in [0.15, 0.2) is 30.3 Å². The molecule has 45 valence electrons. The summed E-state index contributed by atoms with van der Waals surface area (Å²) in [6, 6.07) is 9.61. The lowest BCUT2D eigenvalue weighted by Gasteiger charge is -2.09. The second-order valence-electron chi connectivity index (χ2n) is 1.71. The summed E-state index contributed by atoms with van der Waals surface area (Å²) in [5.74, 6) is 5.36. The van der Waals surface area contributed by atoms with Crippen LogP contribution >= 0.6 is 0 Å². The Bertz CT molecular complexity index is 174. The molecule has 2 N–H and O–H groups in total. The highest BCUT2D eigenvalue weighted by Crippen LogP contribution is 2.05. The molecule has 0 aliphatic heterocycles. The molecule has 0 fully saturated rings. The van der Waals surface area contributed by atoms with Crippen LogP contribution in [-0.4, -0.2) is 10.4 Å². The summed E-state index contributed by atoms with van der Waals surface area (Å²) in [5, 5.41) is 0. The molecular weight excluding hydrogens is 128 g/mol. The Labute approximate surface area is 57.8 Å². The Morgan fingerprint density at radius 2 is 1.78 bits per heavy atom. The number of benzene rings is 1. The first kappa shape index (κ1) is 6.32. The van der Waals surface area contributed by atoms with Gasteiger partial charge in [0, 0.05) is 5.69 Å². The highest BCUT2D eigenvalue weighted by atomic mass is 28.2. The summed E-state index contributed by atoms with van der Waals surface area (Å²) in [6.45, 7) is 0. The number of anilines is 1. The molecule has 0 unspecified atom stereocenters. The van der Waals surface area contributed by atoms with Crippen LogP contribution in [0.2, 0.25) is 0 Å². The van der Waals surface area contributed by atoms with E-state index in [0.29, 0.717) is 0 Å². The van der Waals surface area contributed by atoms with Gasteiger partial charge in [-0.3, -0.25) is 5.84 Å². The summed E-state index contributed by atoms with van der Waals surface area (Å²) < 4.78 is 1.39. The number of nitrogens with two attached hydrogens (primary N) is 1. The van der Waals surface area contributed by atoms with Gasteiger partial charge in [-0.05, 0) is 12.1 Å². The van der Waals surface area contributed by atoms with Crippen molar-refractivity contribution in [1.82, 2.24) is 0 Å². The van der Waals surface area contributed by atoms with Gasteiger partial charge in [-0.2, -0.15) is 0 Å². The van der Waals surface area contributed by atoms with Gasteiger partial charge in [-0.15, -0.1) is 0 Å². The third-order valence-corrected chi connectivity index (χ3v) is 1.29. The van der Waals surface area contributed by atoms with Crippen molar-refractivity contribution in [1.29, 1.82) is 0 Å². The number of nitrogens with zero attached hydrogens (tertiary/aromatic N) is 1. The highest BCUT2D eigenvalue weighted by Gasteiger charge is 1.88. The molecule has 1 rings (SSSR count). The van der Waals surface area contributed by atoms with Crippen molar-refractivity contribution >= 4 is 16.1 Å². The minimum Gasteiger partial charge on any atom is -0.342 e. The van der Waals surface area contributed by atoms with E-state index in [2.05, 4.69) is 10.4 Å². The van der Waals surface area contributed by atoms with Crippen LogP contribution in [0.25, 0.3) is 0 Å². The van der Waals surface area contributed by atoms with Gasteiger partial charge in [0.05, 0.1) is 0 Å². The van der Waals surface area contributed by atoms with Crippen molar-refractivity contribution in [2.45, 2.75) is 0 Å². The minimum absolute atomic E-state index is 0.939. The molecule has 0 saturated carbocycles. The molecule has 0 amide bonds. The molecule has 0 aliphatic rings. The number of hydrogen-bond donors (Lipinski definition) is 1. The third kappa shape index (κ3) is 1.55. The summed E-state index contributed by atoms with van der Waals surface area (Å²) >= 11 is 0. The normalized spacial score (nSPS) is 9.11. The zero-order chi connectivity index (χ0) is 6.69. The fourth-order valence-corrected chi connectivity index (χ4v) is 0.738. The monoisotopic (exact) mass is 135 g/mol. The maximum Gasteiger partial charge on any atom is 0.214 e. The van der Waals surface area contributed by atoms with E-state index in [4.69, 9.17) is 5.84 Å². The summed E-state index contributed by atoms with van der Waals surface area (Å²) in [7, 11) is 3.14. The Kier molecular flexibility index (Phi) is 1.87. The maximum atomic E-state index is 5.36. The number of hydrogen-bond acceptors (Lipinski definition) is 2. The quantitative estimate of drug-likeness (QED) is 0.344. The smallest absolute Gasteiger partial charge is 0.214 e. The Balaban J connectivity index is 2.85. The van der Waals surface area contributed by atoms with Gasteiger partial charge >= 0.3 is 0 Å². The molecule has 0 atom stereocenters. The number of para-hydroxylation sites is 1. The molecule has 0 aromatic heterocycles. The van der Waals surface area contributed by atoms with Gasteiger partial charge in [-0.25, -0.2) is 0 Å². The molecule has 3 heteroatoms. The van der Waals surface area contributed by atoms with E-state index in [1.807, 2.05) is 30.3 Å². The van der Waals surface area contributed by atoms with E-state index in [1.54, 1.807) is 0 Å². The van der Waals surface area contributed by atoms with Gasteiger partial charge in [0.15, 0.2) is 0 Å². The molecule has 9 heavy (non-hydrogen) atoms. The first-order valence-electron chi connectivity index (χ1n) is 2.62. The minimum atomic E-state index is 0.939. The average Bonchev–Trinajstić information content (AvgIpc) is 1.90. The summed E-state index contributed by atoms with van der Waals surface area (Å²) in [4.78, 5) is 0. The van der Waals surface area contributed by atoms with Gasteiger partial charge in [-0.1, -0.05) is 18.2 Å². The number of hydrazine groups is 1. The fraction of sp³-hybridized carbons (Fsp3) is 0. The summed E-state index contributed by atoms with van der Waals surface area (Å²) in [5.41, 5.74) is 0.939. The Morgan fingerprint density at radius 3 is 2.11 bits per heavy atom. The Hall–Kier alpha value is -0.803. The first-order chi connectivity index (χ1) is 4.30. The molecule has 1 aromatic carbocycles. The highest BCUT2D eigenvalue weighted by molar-refractivity contribution is 6.16. The van der Waals surface area contributed by atoms with Crippen LogP contribution < -0.4 is 10.5 Å². The average molecular weight is 135 g/mol. The fourth-order valence-electron chi connectivity index (χ4n) is 0.589. The van der Waals surface area contributed by atoms with Crippen LogP contribution in [0.5, 0.6) is 0 Å². The van der Waals surface area contributed by atoms with E-state index in [9.17, 15) is 0 Å². The molecule has 0 spiro atoms. The second kappa shape index (κ2) is 2.66. The van der Waals surface area contributed by atoms with E-state index in [0.717, 1.165) is 5.69 Å². The van der Waals surface area contributed by atoms with Crippen molar-refractivity contribution in [2.24, 2.45) is 5.84 Å². The van der Waals surface area contributed by atoms with Crippen LogP contribution in [0.4, 0.5) is 5.69 Å².